The molecule has 0 spiro atoms. The minimum absolute atomic E-state index is 0.0595. The van der Waals surface area contributed by atoms with Gasteiger partial charge in [0.15, 0.2) is 6.61 Å². The van der Waals surface area contributed by atoms with Crippen molar-refractivity contribution in [1.82, 2.24) is 4.57 Å². The Morgan fingerprint density at radius 3 is 2.27 bits per heavy atom. The minimum Gasteiger partial charge on any atom is -0.465 e. The van der Waals surface area contributed by atoms with Gasteiger partial charge >= 0.3 is 11.9 Å². The number of rotatable bonds is 7. The first-order valence-electron chi connectivity index (χ1n) is 8.06. The van der Waals surface area contributed by atoms with Crippen LogP contribution in [0.5, 0.6) is 0 Å². The number of hydrogen-bond donors (Lipinski definition) is 0. The average Bonchev–Trinajstić information content (AvgIpc) is 2.93. The number of carbonyl (C=O) groups is 3. The van der Waals surface area contributed by atoms with Crippen LogP contribution in [0, 0.1) is 13.8 Å². The van der Waals surface area contributed by atoms with E-state index in [1.54, 1.807) is 24.3 Å². The Hall–Kier alpha value is -3.15. The number of aromatic nitrogens is 1. The topological polar surface area (TPSA) is 74.6 Å². The summed E-state index contributed by atoms with van der Waals surface area (Å²) in [6, 6.07) is 7.90. The second-order valence-electron chi connectivity index (χ2n) is 5.72. The van der Waals surface area contributed by atoms with E-state index in [9.17, 15) is 14.4 Å². The number of benzene rings is 1. The standard InChI is InChI=1S/C20H21NO5/c1-5-10-21-13(2)11-17(14(21)3)18(22)12-26-20(24)16-9-7-6-8-15(16)19(23)25-4/h5-9,11H,1,10,12H2,2-4H3. The van der Waals surface area contributed by atoms with Crippen LogP contribution in [0.15, 0.2) is 43.0 Å². The number of Topliss-reactive ketones (excluding diaryl/α,β-unsaturated/α-hetero) is 1. The molecule has 0 N–H and O–H groups in total. The van der Waals surface area contributed by atoms with Crippen molar-refractivity contribution in [2.75, 3.05) is 13.7 Å². The van der Waals surface area contributed by atoms with E-state index in [2.05, 4.69) is 11.3 Å². The van der Waals surface area contributed by atoms with Gasteiger partial charge in [-0.25, -0.2) is 9.59 Å². The molecular formula is C20H21NO5. The minimum atomic E-state index is -0.751. The molecule has 0 saturated heterocycles. The molecule has 0 unspecified atom stereocenters. The summed E-state index contributed by atoms with van der Waals surface area (Å²) in [5.74, 6) is -1.70. The summed E-state index contributed by atoms with van der Waals surface area (Å²) in [6.45, 7) is 7.61. The van der Waals surface area contributed by atoms with Gasteiger partial charge in [0.1, 0.15) is 0 Å². The normalized spacial score (nSPS) is 10.3. The number of aryl methyl sites for hydroxylation is 1. The largest absolute Gasteiger partial charge is 0.465 e. The maximum atomic E-state index is 12.4. The lowest BCUT2D eigenvalue weighted by Crippen LogP contribution is -2.17. The Balaban J connectivity index is 2.13. The van der Waals surface area contributed by atoms with E-state index in [0.717, 1.165) is 11.4 Å². The van der Waals surface area contributed by atoms with Crippen molar-refractivity contribution in [3.8, 4) is 0 Å². The van der Waals surface area contributed by atoms with E-state index >= 15 is 0 Å². The number of methoxy groups -OCH3 is 1. The maximum absolute atomic E-state index is 12.4. The van der Waals surface area contributed by atoms with Crippen molar-refractivity contribution in [2.45, 2.75) is 20.4 Å². The summed E-state index contributed by atoms with van der Waals surface area (Å²) >= 11 is 0. The Bertz CT molecular complexity index is 863. The smallest absolute Gasteiger partial charge is 0.339 e. The number of ether oxygens (including phenoxy) is 2. The van der Waals surface area contributed by atoms with Crippen LogP contribution in [-0.2, 0) is 16.0 Å². The second-order valence-corrected chi connectivity index (χ2v) is 5.72. The number of nitrogens with zero attached hydrogens (tertiary/aromatic N) is 1. The lowest BCUT2D eigenvalue weighted by Gasteiger charge is -2.08. The monoisotopic (exact) mass is 355 g/mol. The van der Waals surface area contributed by atoms with Gasteiger partial charge < -0.3 is 14.0 Å². The van der Waals surface area contributed by atoms with Crippen molar-refractivity contribution in [2.24, 2.45) is 0 Å². The molecule has 0 fully saturated rings. The van der Waals surface area contributed by atoms with Gasteiger partial charge in [0.2, 0.25) is 5.78 Å². The highest BCUT2D eigenvalue weighted by Gasteiger charge is 2.21. The molecule has 0 aliphatic rings. The number of hydrogen-bond acceptors (Lipinski definition) is 5. The van der Waals surface area contributed by atoms with E-state index in [-0.39, 0.29) is 16.9 Å². The molecule has 1 aromatic carbocycles. The van der Waals surface area contributed by atoms with Crippen LogP contribution in [0.1, 0.15) is 42.5 Å². The summed E-state index contributed by atoms with van der Waals surface area (Å²) in [7, 11) is 1.23. The highest BCUT2D eigenvalue weighted by Crippen LogP contribution is 2.17. The van der Waals surface area contributed by atoms with E-state index in [4.69, 9.17) is 4.74 Å². The lowest BCUT2D eigenvalue weighted by atomic mass is 10.1. The molecule has 6 nitrogen and oxygen atoms in total. The lowest BCUT2D eigenvalue weighted by molar-refractivity contribution is 0.0463. The maximum Gasteiger partial charge on any atom is 0.339 e. The molecule has 1 aromatic heterocycles. The van der Waals surface area contributed by atoms with Crippen molar-refractivity contribution < 1.29 is 23.9 Å². The van der Waals surface area contributed by atoms with Crippen molar-refractivity contribution in [3.05, 3.63) is 71.1 Å². The van der Waals surface area contributed by atoms with Crippen LogP contribution in [0.3, 0.4) is 0 Å². The van der Waals surface area contributed by atoms with Crippen molar-refractivity contribution in [1.29, 1.82) is 0 Å². The average molecular weight is 355 g/mol. The molecule has 0 atom stereocenters. The zero-order valence-corrected chi connectivity index (χ0v) is 15.1. The van der Waals surface area contributed by atoms with Crippen LogP contribution in [0.2, 0.25) is 0 Å². The predicted octanol–water partition coefficient (Wildman–Crippen LogP) is 3.12. The molecule has 6 heteroatoms. The van der Waals surface area contributed by atoms with E-state index in [0.29, 0.717) is 12.1 Å². The van der Waals surface area contributed by atoms with E-state index < -0.39 is 18.5 Å². The molecular weight excluding hydrogens is 334 g/mol. The van der Waals surface area contributed by atoms with Gasteiger partial charge in [0.05, 0.1) is 18.2 Å². The molecule has 2 aromatic rings. The summed E-state index contributed by atoms with van der Waals surface area (Å²) in [5.41, 5.74) is 2.37. The zero-order valence-electron chi connectivity index (χ0n) is 15.1. The molecule has 0 bridgehead atoms. The summed E-state index contributed by atoms with van der Waals surface area (Å²) in [4.78, 5) is 36.5. The van der Waals surface area contributed by atoms with Gasteiger partial charge in [0, 0.05) is 23.5 Å². The molecule has 0 aliphatic carbocycles. The van der Waals surface area contributed by atoms with Crippen LogP contribution in [0.25, 0.3) is 0 Å². The van der Waals surface area contributed by atoms with Gasteiger partial charge in [-0.1, -0.05) is 18.2 Å². The van der Waals surface area contributed by atoms with Crippen LogP contribution >= 0.6 is 0 Å². The highest BCUT2D eigenvalue weighted by molar-refractivity contribution is 6.04. The van der Waals surface area contributed by atoms with E-state index in [1.165, 1.54) is 19.2 Å². The fraction of sp³-hybridized carbons (Fsp3) is 0.250. The highest BCUT2D eigenvalue weighted by atomic mass is 16.5. The van der Waals surface area contributed by atoms with Gasteiger partial charge in [-0.05, 0) is 32.0 Å². The third-order valence-corrected chi connectivity index (χ3v) is 4.07. The van der Waals surface area contributed by atoms with Crippen LogP contribution in [-0.4, -0.2) is 36.0 Å². The quantitative estimate of drug-likeness (QED) is 0.433. The zero-order chi connectivity index (χ0) is 19.3. The molecule has 0 saturated carbocycles. The molecule has 136 valence electrons. The molecule has 0 radical (unpaired) electrons. The molecule has 1 heterocycles. The van der Waals surface area contributed by atoms with Gasteiger partial charge in [0.25, 0.3) is 0 Å². The van der Waals surface area contributed by atoms with E-state index in [1.807, 2.05) is 18.4 Å². The first-order chi connectivity index (χ1) is 12.4. The Morgan fingerprint density at radius 2 is 1.69 bits per heavy atom. The number of allylic oxidation sites excluding steroid dienone is 1. The molecule has 26 heavy (non-hydrogen) atoms. The van der Waals surface area contributed by atoms with Crippen molar-refractivity contribution in [3.63, 3.8) is 0 Å². The van der Waals surface area contributed by atoms with Crippen LogP contribution in [0.4, 0.5) is 0 Å². The third kappa shape index (κ3) is 3.91. The van der Waals surface area contributed by atoms with Gasteiger partial charge in [-0.2, -0.15) is 0 Å². The first-order valence-corrected chi connectivity index (χ1v) is 8.06. The fourth-order valence-corrected chi connectivity index (χ4v) is 2.73. The molecule has 2 rings (SSSR count). The molecule has 0 amide bonds. The summed E-state index contributed by atoms with van der Waals surface area (Å²) in [5, 5.41) is 0. The first kappa shape index (κ1) is 19.2. The van der Waals surface area contributed by atoms with Gasteiger partial charge in [-0.3, -0.25) is 4.79 Å². The number of carbonyl (C=O) groups excluding carboxylic acids is 3. The summed E-state index contributed by atoms with van der Waals surface area (Å²) < 4.78 is 11.7. The summed E-state index contributed by atoms with van der Waals surface area (Å²) in [6.07, 6.45) is 1.75. The Morgan fingerprint density at radius 1 is 1.08 bits per heavy atom. The van der Waals surface area contributed by atoms with Crippen molar-refractivity contribution >= 4 is 17.7 Å². The number of esters is 2. The second kappa shape index (κ2) is 8.29. The Labute approximate surface area is 152 Å². The predicted molar refractivity (Wildman–Crippen MR) is 96.5 cm³/mol. The number of ketones is 1. The van der Waals surface area contributed by atoms with Crippen LogP contribution < -0.4 is 0 Å². The third-order valence-electron chi connectivity index (χ3n) is 4.07. The molecule has 0 aliphatic heterocycles. The Kier molecular flexibility index (Phi) is 6.11. The SMILES string of the molecule is C=CCn1c(C)cc(C(=O)COC(=O)c2ccccc2C(=O)OC)c1C. The fourth-order valence-electron chi connectivity index (χ4n) is 2.73. The van der Waals surface area contributed by atoms with Gasteiger partial charge in [-0.15, -0.1) is 6.58 Å².